The van der Waals surface area contributed by atoms with Crippen LogP contribution in [0.25, 0.3) is 0 Å². The van der Waals surface area contributed by atoms with Gasteiger partial charge in [-0.2, -0.15) is 0 Å². The molecule has 0 aliphatic rings. The Morgan fingerprint density at radius 3 is 2.28 bits per heavy atom. The van der Waals surface area contributed by atoms with Crippen molar-refractivity contribution in [3.05, 3.63) is 29.8 Å². The fourth-order valence-corrected chi connectivity index (χ4v) is 2.17. The first-order valence-electron chi connectivity index (χ1n) is 5.43. The van der Waals surface area contributed by atoms with Gasteiger partial charge in [0.05, 0.1) is 6.04 Å². The van der Waals surface area contributed by atoms with E-state index < -0.39 is 21.5 Å². The Morgan fingerprint density at radius 2 is 1.83 bits per heavy atom. The van der Waals surface area contributed by atoms with E-state index in [9.17, 15) is 18.3 Å². The summed E-state index contributed by atoms with van der Waals surface area (Å²) in [5.74, 6) is -0.791. The topological polar surface area (TPSA) is 74.7 Å². The smallest absolute Gasteiger partial charge is 0.238 e. The van der Waals surface area contributed by atoms with Crippen molar-refractivity contribution in [2.45, 2.75) is 13.0 Å². The maximum Gasteiger partial charge on any atom is 0.238 e. The minimum atomic E-state index is -3.32. The molecule has 5 nitrogen and oxygen atoms in total. The summed E-state index contributed by atoms with van der Waals surface area (Å²) in [6.07, 6.45) is 1.03. The van der Waals surface area contributed by atoms with Crippen molar-refractivity contribution < 1.29 is 18.3 Å². The zero-order valence-electron chi connectivity index (χ0n) is 10.6. The predicted molar refractivity (Wildman–Crippen MR) is 69.0 cm³/mol. The summed E-state index contributed by atoms with van der Waals surface area (Å²) in [7, 11) is -1.76. The molecule has 1 unspecified atom stereocenters. The van der Waals surface area contributed by atoms with Crippen LogP contribution in [0.3, 0.4) is 0 Å². The molecule has 0 heterocycles. The van der Waals surface area contributed by atoms with Gasteiger partial charge in [0.2, 0.25) is 5.91 Å². The highest BCUT2D eigenvalue weighted by molar-refractivity contribution is 7.91. The van der Waals surface area contributed by atoms with E-state index in [0.29, 0.717) is 0 Å². The van der Waals surface area contributed by atoms with Gasteiger partial charge in [-0.05, 0) is 24.6 Å². The van der Waals surface area contributed by atoms with E-state index in [4.69, 9.17) is 0 Å². The van der Waals surface area contributed by atoms with Gasteiger partial charge >= 0.3 is 0 Å². The Labute approximate surface area is 107 Å². The third-order valence-corrected chi connectivity index (χ3v) is 3.51. The third kappa shape index (κ3) is 4.03. The van der Waals surface area contributed by atoms with Gasteiger partial charge in [0.15, 0.2) is 9.84 Å². The number of rotatable bonds is 4. The molecule has 1 aromatic carbocycles. The largest absolute Gasteiger partial charge is 0.508 e. The molecular weight excluding hydrogens is 254 g/mol. The number of hydrogen-bond donors (Lipinski definition) is 1. The molecule has 0 aliphatic heterocycles. The van der Waals surface area contributed by atoms with Crippen molar-refractivity contribution in [3.8, 4) is 5.75 Å². The molecule has 1 amide bonds. The number of nitrogens with zero attached hydrogens (tertiary/aromatic N) is 1. The van der Waals surface area contributed by atoms with Crippen LogP contribution >= 0.6 is 0 Å². The first-order valence-corrected chi connectivity index (χ1v) is 7.49. The monoisotopic (exact) mass is 271 g/mol. The summed E-state index contributed by atoms with van der Waals surface area (Å²) in [6, 6.07) is 6.20. The fraction of sp³-hybridized carbons (Fsp3) is 0.417. The maximum atomic E-state index is 11.7. The van der Waals surface area contributed by atoms with Crippen LogP contribution in [0.2, 0.25) is 0 Å². The Balaban J connectivity index is 2.80. The molecule has 0 aliphatic carbocycles. The molecule has 0 bridgehead atoms. The Morgan fingerprint density at radius 1 is 1.33 bits per heavy atom. The number of sulfone groups is 1. The zero-order chi connectivity index (χ0) is 13.9. The number of hydrogen-bond acceptors (Lipinski definition) is 4. The van der Waals surface area contributed by atoms with E-state index in [1.165, 1.54) is 17.0 Å². The van der Waals surface area contributed by atoms with Crippen LogP contribution in [0.4, 0.5) is 0 Å². The normalized spacial score (nSPS) is 13.1. The van der Waals surface area contributed by atoms with E-state index >= 15 is 0 Å². The molecule has 0 saturated carbocycles. The van der Waals surface area contributed by atoms with E-state index in [-0.39, 0.29) is 11.8 Å². The van der Waals surface area contributed by atoms with Gasteiger partial charge < -0.3 is 10.0 Å². The molecular formula is C12H17NO4S. The molecule has 1 atom stereocenters. The standard InChI is InChI=1S/C12H17NO4S/c1-9(10-4-6-11(14)7-5-10)13(2)12(15)8-18(3,16)17/h4-7,9,14H,8H2,1-3H3. The third-order valence-electron chi connectivity index (χ3n) is 2.74. The molecule has 1 N–H and O–H groups in total. The summed E-state index contributed by atoms with van der Waals surface area (Å²) in [5, 5.41) is 9.18. The van der Waals surface area contributed by atoms with Crippen molar-refractivity contribution in [2.75, 3.05) is 19.1 Å². The first kappa shape index (κ1) is 14.5. The van der Waals surface area contributed by atoms with Gasteiger partial charge in [-0.25, -0.2) is 8.42 Å². The average molecular weight is 271 g/mol. The van der Waals surface area contributed by atoms with Crippen molar-refractivity contribution in [1.82, 2.24) is 4.90 Å². The summed E-state index contributed by atoms with van der Waals surface area (Å²) >= 11 is 0. The van der Waals surface area contributed by atoms with Gasteiger partial charge in [-0.1, -0.05) is 12.1 Å². The van der Waals surface area contributed by atoms with E-state index in [2.05, 4.69) is 0 Å². The van der Waals surface area contributed by atoms with Gasteiger partial charge in [0.1, 0.15) is 11.5 Å². The molecule has 0 radical (unpaired) electrons. The van der Waals surface area contributed by atoms with E-state index in [0.717, 1.165) is 11.8 Å². The minimum absolute atomic E-state index is 0.149. The van der Waals surface area contributed by atoms with Crippen LogP contribution in [0.5, 0.6) is 5.75 Å². The number of benzene rings is 1. The second kappa shape index (κ2) is 5.39. The maximum absolute atomic E-state index is 11.7. The molecule has 100 valence electrons. The number of aromatic hydroxyl groups is 1. The molecule has 18 heavy (non-hydrogen) atoms. The number of carbonyl (C=O) groups is 1. The van der Waals surface area contributed by atoms with Gasteiger partial charge in [0.25, 0.3) is 0 Å². The first-order chi connectivity index (χ1) is 8.20. The quantitative estimate of drug-likeness (QED) is 0.885. The van der Waals surface area contributed by atoms with Gasteiger partial charge in [0, 0.05) is 13.3 Å². The van der Waals surface area contributed by atoms with Crippen LogP contribution in [-0.2, 0) is 14.6 Å². The SMILES string of the molecule is CC(c1ccc(O)cc1)N(C)C(=O)CS(C)(=O)=O. The fourth-order valence-electron chi connectivity index (χ4n) is 1.52. The summed E-state index contributed by atoms with van der Waals surface area (Å²) in [4.78, 5) is 13.1. The van der Waals surface area contributed by atoms with Crippen LogP contribution < -0.4 is 0 Å². The molecule has 0 spiro atoms. The number of phenolic OH excluding ortho intramolecular Hbond substituents is 1. The lowest BCUT2D eigenvalue weighted by atomic mass is 10.1. The number of phenols is 1. The van der Waals surface area contributed by atoms with Crippen LogP contribution in [-0.4, -0.2) is 43.4 Å². The summed E-state index contributed by atoms with van der Waals surface area (Å²) < 4.78 is 22.1. The van der Waals surface area contributed by atoms with E-state index in [1.807, 2.05) is 0 Å². The number of amides is 1. The molecule has 0 aromatic heterocycles. The van der Waals surface area contributed by atoms with Crippen molar-refractivity contribution in [2.24, 2.45) is 0 Å². The van der Waals surface area contributed by atoms with Gasteiger partial charge in [-0.3, -0.25) is 4.79 Å². The molecule has 6 heteroatoms. The molecule has 1 rings (SSSR count). The van der Waals surface area contributed by atoms with Gasteiger partial charge in [-0.15, -0.1) is 0 Å². The van der Waals surface area contributed by atoms with E-state index in [1.54, 1.807) is 26.1 Å². The van der Waals surface area contributed by atoms with Crippen LogP contribution in [0, 0.1) is 0 Å². The lowest BCUT2D eigenvalue weighted by molar-refractivity contribution is -0.129. The molecule has 1 aromatic rings. The highest BCUT2D eigenvalue weighted by Crippen LogP contribution is 2.21. The Bertz CT molecular complexity index is 522. The lowest BCUT2D eigenvalue weighted by Gasteiger charge is -2.25. The highest BCUT2D eigenvalue weighted by Gasteiger charge is 2.20. The average Bonchev–Trinajstić information content (AvgIpc) is 2.26. The Hall–Kier alpha value is -1.56. The highest BCUT2D eigenvalue weighted by atomic mass is 32.2. The summed E-state index contributed by atoms with van der Waals surface area (Å²) in [5.41, 5.74) is 0.831. The van der Waals surface area contributed by atoms with Crippen molar-refractivity contribution in [1.29, 1.82) is 0 Å². The minimum Gasteiger partial charge on any atom is -0.508 e. The lowest BCUT2D eigenvalue weighted by Crippen LogP contribution is -2.34. The molecule has 0 saturated heterocycles. The van der Waals surface area contributed by atoms with Crippen LogP contribution in [0.15, 0.2) is 24.3 Å². The second-order valence-electron chi connectivity index (χ2n) is 4.34. The Kier molecular flexibility index (Phi) is 4.34. The second-order valence-corrected chi connectivity index (χ2v) is 6.48. The van der Waals surface area contributed by atoms with Crippen molar-refractivity contribution in [3.63, 3.8) is 0 Å². The predicted octanol–water partition coefficient (Wildman–Crippen LogP) is 0.956. The van der Waals surface area contributed by atoms with Crippen LogP contribution in [0.1, 0.15) is 18.5 Å². The van der Waals surface area contributed by atoms with Crippen molar-refractivity contribution >= 4 is 15.7 Å². The molecule has 0 fully saturated rings. The summed E-state index contributed by atoms with van der Waals surface area (Å²) in [6.45, 7) is 1.80. The zero-order valence-corrected chi connectivity index (χ0v) is 11.4. The number of carbonyl (C=O) groups excluding carboxylic acids is 1.